The van der Waals surface area contributed by atoms with Crippen LogP contribution in [-0.4, -0.2) is 78.5 Å². The van der Waals surface area contributed by atoms with Crippen LogP contribution in [0.25, 0.3) is 11.0 Å². The SMILES string of the molecule is COc1ccc(N2CCN(C)CC2)cc1Nc1ncc(Br)c(Nc2ccc3nccnc3c2N(C)SC)n1. The van der Waals surface area contributed by atoms with Crippen LogP contribution in [0.3, 0.4) is 0 Å². The third-order valence-electron chi connectivity index (χ3n) is 6.50. The van der Waals surface area contributed by atoms with Gasteiger partial charge in [-0.3, -0.25) is 9.97 Å². The van der Waals surface area contributed by atoms with Crippen molar-refractivity contribution < 1.29 is 4.74 Å². The molecule has 38 heavy (non-hydrogen) atoms. The van der Waals surface area contributed by atoms with E-state index in [1.165, 1.54) is 0 Å². The lowest BCUT2D eigenvalue weighted by Gasteiger charge is -2.34. The Morgan fingerprint density at radius 3 is 2.55 bits per heavy atom. The Morgan fingerprint density at radius 1 is 1.00 bits per heavy atom. The minimum Gasteiger partial charge on any atom is -0.495 e. The summed E-state index contributed by atoms with van der Waals surface area (Å²) >= 11 is 5.19. The number of nitrogens with zero attached hydrogens (tertiary/aromatic N) is 7. The summed E-state index contributed by atoms with van der Waals surface area (Å²) in [5, 5.41) is 6.83. The Kier molecular flexibility index (Phi) is 8.01. The van der Waals surface area contributed by atoms with Crippen molar-refractivity contribution in [3.63, 3.8) is 0 Å². The number of benzene rings is 2. The zero-order valence-electron chi connectivity index (χ0n) is 21.8. The minimum atomic E-state index is 0.449. The van der Waals surface area contributed by atoms with Crippen LogP contribution >= 0.6 is 27.9 Å². The van der Waals surface area contributed by atoms with E-state index in [2.05, 4.69) is 74.8 Å². The van der Waals surface area contributed by atoms with Crippen molar-refractivity contribution in [1.29, 1.82) is 0 Å². The molecule has 0 unspecified atom stereocenters. The number of nitrogens with one attached hydrogen (secondary N) is 2. The van der Waals surface area contributed by atoms with Gasteiger partial charge in [0, 0.05) is 63.8 Å². The Bertz CT molecular complexity index is 1430. The number of halogens is 1. The molecule has 4 aromatic rings. The van der Waals surface area contributed by atoms with Gasteiger partial charge in [0.05, 0.1) is 34.2 Å². The molecule has 2 aromatic carbocycles. The molecular formula is C26H30BrN9OS. The number of rotatable bonds is 8. The molecule has 12 heteroatoms. The topological polar surface area (TPSA) is 94.6 Å². The molecule has 2 N–H and O–H groups in total. The number of methoxy groups -OCH3 is 1. The fourth-order valence-corrected chi connectivity index (χ4v) is 5.01. The molecule has 1 aliphatic rings. The molecule has 0 atom stereocenters. The number of likely N-dealkylation sites (N-methyl/N-ethyl adjacent to an activating group) is 1. The summed E-state index contributed by atoms with van der Waals surface area (Å²) in [4.78, 5) is 23.0. The van der Waals surface area contributed by atoms with Crippen molar-refractivity contribution in [2.75, 3.05) is 73.5 Å². The molecule has 1 aliphatic heterocycles. The van der Waals surface area contributed by atoms with Crippen molar-refractivity contribution in [2.45, 2.75) is 0 Å². The van der Waals surface area contributed by atoms with Crippen molar-refractivity contribution >= 4 is 73.4 Å². The Labute approximate surface area is 235 Å². The lowest BCUT2D eigenvalue weighted by Crippen LogP contribution is -2.44. The van der Waals surface area contributed by atoms with Gasteiger partial charge >= 0.3 is 0 Å². The van der Waals surface area contributed by atoms with Gasteiger partial charge in [0.1, 0.15) is 17.1 Å². The summed E-state index contributed by atoms with van der Waals surface area (Å²) < 4.78 is 8.42. The molecule has 0 aliphatic carbocycles. The molecule has 3 heterocycles. The molecule has 0 saturated carbocycles. The summed E-state index contributed by atoms with van der Waals surface area (Å²) in [6.45, 7) is 4.03. The maximum absolute atomic E-state index is 5.63. The highest BCUT2D eigenvalue weighted by Gasteiger charge is 2.18. The van der Waals surface area contributed by atoms with Gasteiger partial charge in [-0.2, -0.15) is 4.98 Å². The van der Waals surface area contributed by atoms with E-state index in [1.807, 2.05) is 31.5 Å². The van der Waals surface area contributed by atoms with E-state index in [9.17, 15) is 0 Å². The van der Waals surface area contributed by atoms with Gasteiger partial charge in [-0.25, -0.2) is 4.98 Å². The Hall–Kier alpha value is -3.35. The second-order valence-corrected chi connectivity index (χ2v) is 10.6. The molecular weight excluding hydrogens is 566 g/mol. The largest absolute Gasteiger partial charge is 0.495 e. The van der Waals surface area contributed by atoms with E-state index in [4.69, 9.17) is 9.72 Å². The predicted molar refractivity (Wildman–Crippen MR) is 160 cm³/mol. The van der Waals surface area contributed by atoms with Crippen LogP contribution in [0.5, 0.6) is 5.75 Å². The molecule has 2 aromatic heterocycles. The zero-order chi connectivity index (χ0) is 26.6. The number of piperazine rings is 1. The number of ether oxygens (including phenoxy) is 1. The number of hydrogen-bond donors (Lipinski definition) is 2. The van der Waals surface area contributed by atoms with E-state index in [0.29, 0.717) is 11.8 Å². The van der Waals surface area contributed by atoms with Crippen LogP contribution in [0, 0.1) is 0 Å². The van der Waals surface area contributed by atoms with Crippen LogP contribution in [0.4, 0.5) is 34.5 Å². The van der Waals surface area contributed by atoms with Crippen molar-refractivity contribution in [2.24, 2.45) is 0 Å². The van der Waals surface area contributed by atoms with E-state index in [0.717, 1.165) is 70.2 Å². The highest BCUT2D eigenvalue weighted by Crippen LogP contribution is 2.38. The van der Waals surface area contributed by atoms with Crippen LogP contribution in [0.1, 0.15) is 0 Å². The quantitative estimate of drug-likeness (QED) is 0.265. The monoisotopic (exact) mass is 595 g/mol. The first-order valence-corrected chi connectivity index (χ1v) is 14.1. The van der Waals surface area contributed by atoms with E-state index in [-0.39, 0.29) is 0 Å². The van der Waals surface area contributed by atoms with Crippen molar-refractivity contribution in [3.8, 4) is 5.75 Å². The second-order valence-electron chi connectivity index (χ2n) is 8.88. The molecule has 0 spiro atoms. The number of hydrogen-bond acceptors (Lipinski definition) is 11. The molecule has 198 valence electrons. The van der Waals surface area contributed by atoms with Crippen LogP contribution < -0.4 is 24.6 Å². The van der Waals surface area contributed by atoms with Crippen LogP contribution in [0.15, 0.2) is 53.4 Å². The smallest absolute Gasteiger partial charge is 0.229 e. The van der Waals surface area contributed by atoms with Crippen LogP contribution in [0.2, 0.25) is 0 Å². The highest BCUT2D eigenvalue weighted by molar-refractivity contribution is 9.10. The normalized spacial score (nSPS) is 14.0. The molecule has 0 radical (unpaired) electrons. The molecule has 0 amide bonds. The fraction of sp³-hybridized carbons (Fsp3) is 0.308. The summed E-state index contributed by atoms with van der Waals surface area (Å²) in [5.74, 6) is 1.79. The summed E-state index contributed by atoms with van der Waals surface area (Å²) in [5.41, 5.74) is 5.35. The van der Waals surface area contributed by atoms with Gasteiger partial charge in [0.2, 0.25) is 5.95 Å². The lowest BCUT2D eigenvalue weighted by molar-refractivity contribution is 0.313. The first-order chi connectivity index (χ1) is 18.5. The third-order valence-corrected chi connectivity index (χ3v) is 7.81. The van der Waals surface area contributed by atoms with E-state index in [1.54, 1.807) is 37.6 Å². The lowest BCUT2D eigenvalue weighted by atomic mass is 10.2. The maximum atomic E-state index is 5.63. The van der Waals surface area contributed by atoms with Gasteiger partial charge in [0.15, 0.2) is 0 Å². The standard InChI is InChI=1S/C26H30BrN9OS/c1-34-11-13-36(14-12-34)17-5-8-22(37-3)21(15-17)32-26-30-16-18(27)25(33-26)31-20-7-6-19-23(29-10-9-28-19)24(20)35(2)38-4/h5-10,15-16H,11-14H2,1-4H3,(H2,30,31,32,33). The molecule has 0 bridgehead atoms. The highest BCUT2D eigenvalue weighted by atomic mass is 79.9. The third kappa shape index (κ3) is 5.57. The number of fused-ring (bicyclic) bond motifs is 1. The zero-order valence-corrected chi connectivity index (χ0v) is 24.2. The Balaban J connectivity index is 1.45. The van der Waals surface area contributed by atoms with Crippen LogP contribution in [-0.2, 0) is 0 Å². The van der Waals surface area contributed by atoms with Gasteiger partial charge < -0.3 is 29.5 Å². The number of aromatic nitrogens is 4. The first kappa shape index (κ1) is 26.3. The summed E-state index contributed by atoms with van der Waals surface area (Å²) in [6.07, 6.45) is 7.15. The second kappa shape index (κ2) is 11.6. The van der Waals surface area contributed by atoms with Gasteiger partial charge in [0.25, 0.3) is 0 Å². The van der Waals surface area contributed by atoms with Crippen molar-refractivity contribution in [1.82, 2.24) is 24.8 Å². The van der Waals surface area contributed by atoms with Crippen molar-refractivity contribution in [3.05, 3.63) is 53.4 Å². The number of anilines is 6. The maximum Gasteiger partial charge on any atom is 0.229 e. The molecule has 5 rings (SSSR count). The predicted octanol–water partition coefficient (Wildman–Crippen LogP) is 5.14. The van der Waals surface area contributed by atoms with Gasteiger partial charge in [-0.05, 0) is 53.3 Å². The summed E-state index contributed by atoms with van der Waals surface area (Å²) in [6, 6.07) is 10.1. The van der Waals surface area contributed by atoms with Gasteiger partial charge in [-0.1, -0.05) is 11.9 Å². The molecule has 10 nitrogen and oxygen atoms in total. The summed E-state index contributed by atoms with van der Waals surface area (Å²) in [7, 11) is 5.82. The van der Waals surface area contributed by atoms with E-state index < -0.39 is 0 Å². The van der Waals surface area contributed by atoms with E-state index >= 15 is 0 Å². The van der Waals surface area contributed by atoms with Gasteiger partial charge in [-0.15, -0.1) is 0 Å². The molecule has 1 fully saturated rings. The average Bonchev–Trinajstić information content (AvgIpc) is 2.94. The first-order valence-electron chi connectivity index (χ1n) is 12.2. The average molecular weight is 597 g/mol. The Morgan fingerprint density at radius 2 is 1.79 bits per heavy atom. The fourth-order valence-electron chi connectivity index (χ4n) is 4.35. The molecule has 1 saturated heterocycles. The minimum absolute atomic E-state index is 0.449.